The molecule has 0 bridgehead atoms. The smallest absolute Gasteiger partial charge is 0.365 e. The SMILES string of the molecule is C[C@@H]1COP(=O)(C(Nc2ccc(F)c(OCCCC3Oc4ccccc4NC3=O)c2)P2(=O)OC[C@@H](C)O2)O1. The van der Waals surface area contributed by atoms with Crippen LogP contribution in [0.1, 0.15) is 26.7 Å². The fourth-order valence-corrected chi connectivity index (χ4v) is 9.54. The molecule has 5 rings (SSSR count). The summed E-state index contributed by atoms with van der Waals surface area (Å²) in [7, 11) is -7.90. The molecule has 0 aromatic heterocycles. The molecule has 2 N–H and O–H groups in total. The van der Waals surface area contributed by atoms with E-state index in [9.17, 15) is 18.3 Å². The summed E-state index contributed by atoms with van der Waals surface area (Å²) in [6, 6.07) is 11.0. The molecule has 14 heteroatoms. The van der Waals surface area contributed by atoms with E-state index in [1.165, 1.54) is 12.1 Å². The number of halogens is 1. The lowest BCUT2D eigenvalue weighted by Gasteiger charge is -2.27. The second-order valence-corrected chi connectivity index (χ2v) is 13.8. The van der Waals surface area contributed by atoms with Gasteiger partial charge in [0.25, 0.3) is 5.91 Å². The van der Waals surface area contributed by atoms with E-state index in [2.05, 4.69) is 10.6 Å². The first-order valence-corrected chi connectivity index (χ1v) is 15.5. The van der Waals surface area contributed by atoms with Crippen LogP contribution in [0.15, 0.2) is 42.5 Å². The van der Waals surface area contributed by atoms with E-state index in [0.29, 0.717) is 24.3 Å². The van der Waals surface area contributed by atoms with Gasteiger partial charge in [-0.1, -0.05) is 12.1 Å². The van der Waals surface area contributed by atoms with Gasteiger partial charge in [-0.05, 0) is 51.0 Å². The number of benzene rings is 2. The van der Waals surface area contributed by atoms with Crippen molar-refractivity contribution in [3.63, 3.8) is 0 Å². The summed E-state index contributed by atoms with van der Waals surface area (Å²) >= 11 is 0. The van der Waals surface area contributed by atoms with Crippen LogP contribution in [0.3, 0.4) is 0 Å². The first-order valence-electron chi connectivity index (χ1n) is 12.3. The summed E-state index contributed by atoms with van der Waals surface area (Å²) in [6.45, 7) is 3.56. The Morgan fingerprint density at radius 1 is 1.08 bits per heavy atom. The van der Waals surface area contributed by atoms with Gasteiger partial charge < -0.3 is 38.2 Å². The van der Waals surface area contributed by atoms with Crippen molar-refractivity contribution in [2.24, 2.45) is 0 Å². The Labute approximate surface area is 219 Å². The second-order valence-electron chi connectivity index (χ2n) is 9.25. The lowest BCUT2D eigenvalue weighted by atomic mass is 10.1. The van der Waals surface area contributed by atoms with Crippen molar-refractivity contribution in [2.75, 3.05) is 30.5 Å². The molecule has 38 heavy (non-hydrogen) atoms. The van der Waals surface area contributed by atoms with Gasteiger partial charge in [0.15, 0.2) is 17.7 Å². The Morgan fingerprint density at radius 2 is 1.76 bits per heavy atom. The Hall–Kier alpha value is -2.46. The van der Waals surface area contributed by atoms with Gasteiger partial charge in [-0.2, -0.15) is 0 Å². The van der Waals surface area contributed by atoms with Crippen molar-refractivity contribution in [3.8, 4) is 11.5 Å². The average Bonchev–Trinajstić information content (AvgIpc) is 3.42. The molecule has 3 aliphatic heterocycles. The van der Waals surface area contributed by atoms with E-state index in [-0.39, 0.29) is 37.2 Å². The van der Waals surface area contributed by atoms with Crippen LogP contribution >= 0.6 is 15.2 Å². The third-order valence-electron chi connectivity index (χ3n) is 6.03. The third-order valence-corrected chi connectivity index (χ3v) is 11.5. The minimum Gasteiger partial charge on any atom is -0.490 e. The molecule has 2 fully saturated rings. The summed E-state index contributed by atoms with van der Waals surface area (Å²) in [6.07, 6.45) is -0.887. The zero-order valence-corrected chi connectivity index (χ0v) is 22.6. The van der Waals surface area contributed by atoms with Crippen LogP contribution in [-0.2, 0) is 32.0 Å². The Morgan fingerprint density at radius 3 is 2.42 bits per heavy atom. The number of fused-ring (bicyclic) bond motifs is 1. The summed E-state index contributed by atoms with van der Waals surface area (Å²) in [4.78, 5) is 12.3. The molecule has 206 valence electrons. The normalized spacial score (nSPS) is 31.2. The fourth-order valence-electron chi connectivity index (χ4n) is 4.22. The summed E-state index contributed by atoms with van der Waals surface area (Å²) < 4.78 is 74.7. The Balaban J connectivity index is 1.23. The van der Waals surface area contributed by atoms with Gasteiger partial charge in [0.05, 0.1) is 37.7 Å². The molecule has 5 atom stereocenters. The minimum atomic E-state index is -3.95. The highest BCUT2D eigenvalue weighted by Gasteiger charge is 2.57. The van der Waals surface area contributed by atoms with Crippen LogP contribution < -0.4 is 20.1 Å². The maximum Gasteiger partial charge on any atom is 0.365 e. The number of hydrogen-bond donors (Lipinski definition) is 2. The predicted octanol–water partition coefficient (Wildman–Crippen LogP) is 5.34. The predicted molar refractivity (Wildman–Crippen MR) is 136 cm³/mol. The molecule has 3 aliphatic rings. The molecule has 0 aliphatic carbocycles. The highest BCUT2D eigenvalue weighted by atomic mass is 31.2. The zero-order chi connectivity index (χ0) is 26.9. The lowest BCUT2D eigenvalue weighted by Crippen LogP contribution is -2.37. The molecule has 0 spiro atoms. The van der Waals surface area contributed by atoms with Crippen molar-refractivity contribution in [1.29, 1.82) is 0 Å². The van der Waals surface area contributed by atoms with Crippen molar-refractivity contribution < 1.29 is 45.9 Å². The maximum atomic E-state index is 14.5. The Bertz CT molecular complexity index is 1260. The number of para-hydroxylation sites is 2. The molecule has 2 aromatic rings. The van der Waals surface area contributed by atoms with Gasteiger partial charge >= 0.3 is 15.2 Å². The van der Waals surface area contributed by atoms with E-state index in [4.69, 9.17) is 27.6 Å². The molecule has 2 aromatic carbocycles. The number of anilines is 2. The summed E-state index contributed by atoms with van der Waals surface area (Å²) in [5.74, 6) is -0.388. The van der Waals surface area contributed by atoms with Crippen LogP contribution in [0.25, 0.3) is 0 Å². The van der Waals surface area contributed by atoms with Gasteiger partial charge in [0, 0.05) is 11.8 Å². The van der Waals surface area contributed by atoms with E-state index in [0.717, 1.165) is 6.07 Å². The molecule has 11 nitrogen and oxygen atoms in total. The molecular weight excluding hydrogens is 541 g/mol. The Kier molecular flexibility index (Phi) is 7.82. The van der Waals surface area contributed by atoms with Crippen LogP contribution in [-0.4, -0.2) is 49.6 Å². The molecule has 3 unspecified atom stereocenters. The molecular formula is C24H29FN2O9P2. The summed E-state index contributed by atoms with van der Waals surface area (Å²) in [5.41, 5.74) is -0.583. The van der Waals surface area contributed by atoms with Crippen LogP contribution in [0.4, 0.5) is 15.8 Å². The number of hydrogen-bond acceptors (Lipinski definition) is 10. The van der Waals surface area contributed by atoms with E-state index >= 15 is 0 Å². The van der Waals surface area contributed by atoms with Crippen molar-refractivity contribution >= 4 is 32.5 Å². The molecule has 0 saturated carbocycles. The maximum absolute atomic E-state index is 14.5. The van der Waals surface area contributed by atoms with Crippen LogP contribution in [0, 0.1) is 5.82 Å². The number of nitrogens with one attached hydrogen (secondary N) is 2. The first-order chi connectivity index (χ1) is 18.1. The highest BCUT2D eigenvalue weighted by molar-refractivity contribution is 7.73. The van der Waals surface area contributed by atoms with Gasteiger partial charge in [-0.3, -0.25) is 13.9 Å². The number of carbonyl (C=O) groups is 1. The number of carbonyl (C=O) groups excluding carboxylic acids is 1. The number of amides is 1. The van der Waals surface area contributed by atoms with Gasteiger partial charge in [0.2, 0.25) is 5.52 Å². The monoisotopic (exact) mass is 570 g/mol. The minimum absolute atomic E-state index is 0.0527. The summed E-state index contributed by atoms with van der Waals surface area (Å²) in [5, 5.41) is 5.67. The average molecular weight is 570 g/mol. The molecule has 2 saturated heterocycles. The van der Waals surface area contributed by atoms with E-state index in [1.807, 2.05) is 6.07 Å². The fraction of sp³-hybridized carbons (Fsp3) is 0.458. The number of ether oxygens (including phenoxy) is 2. The van der Waals surface area contributed by atoms with Crippen LogP contribution in [0.2, 0.25) is 0 Å². The third kappa shape index (κ3) is 5.76. The van der Waals surface area contributed by atoms with Gasteiger partial charge in [-0.15, -0.1) is 0 Å². The van der Waals surface area contributed by atoms with E-state index in [1.54, 1.807) is 32.0 Å². The van der Waals surface area contributed by atoms with Gasteiger partial charge in [0.1, 0.15) is 5.75 Å². The van der Waals surface area contributed by atoms with Crippen LogP contribution in [0.5, 0.6) is 11.5 Å². The quantitative estimate of drug-likeness (QED) is 0.301. The van der Waals surface area contributed by atoms with Gasteiger partial charge in [-0.25, -0.2) is 4.39 Å². The topological polar surface area (TPSA) is 131 Å². The first kappa shape index (κ1) is 27.1. The van der Waals surface area contributed by atoms with Crippen molar-refractivity contribution in [1.82, 2.24) is 0 Å². The van der Waals surface area contributed by atoms with Crippen molar-refractivity contribution in [3.05, 3.63) is 48.3 Å². The molecule has 1 amide bonds. The zero-order valence-electron chi connectivity index (χ0n) is 20.8. The molecule has 3 heterocycles. The standard InChI is InChI=1S/C24H29FN2O9P2/c1-15-13-32-37(29,35-15)24(38(30)33-14-16(2)36-38)26-17-9-10-18(25)22(12-17)31-11-5-8-21-23(28)27-19-6-3-4-7-20(19)34-21/h3-4,6-7,9-10,12,15-16,21,24,26H,5,8,11,13-14H2,1-2H3,(H,27,28)/t15-,16-,21?,24?,37?,38?/m1/s1. The lowest BCUT2D eigenvalue weighted by molar-refractivity contribution is -0.123. The van der Waals surface area contributed by atoms with E-state index < -0.39 is 44.8 Å². The highest BCUT2D eigenvalue weighted by Crippen LogP contribution is 2.73. The molecule has 0 radical (unpaired) electrons. The van der Waals surface area contributed by atoms with Crippen molar-refractivity contribution in [2.45, 2.75) is 50.5 Å². The number of rotatable bonds is 9. The largest absolute Gasteiger partial charge is 0.490 e. The second kappa shape index (κ2) is 11.0.